The highest BCUT2D eigenvalue weighted by Gasteiger charge is 2.12. The van der Waals surface area contributed by atoms with Gasteiger partial charge in [0.15, 0.2) is 0 Å². The summed E-state index contributed by atoms with van der Waals surface area (Å²) < 4.78 is 0. The van der Waals surface area contributed by atoms with E-state index in [2.05, 4.69) is 5.32 Å². The molecule has 2 aromatic carbocycles. The minimum absolute atomic E-state index is 0.280. The van der Waals surface area contributed by atoms with E-state index in [0.717, 1.165) is 0 Å². The highest BCUT2D eigenvalue weighted by molar-refractivity contribution is 5.93. The van der Waals surface area contributed by atoms with E-state index < -0.39 is 11.9 Å². The Morgan fingerprint density at radius 1 is 0.762 bits per heavy atom. The molecule has 0 saturated heterocycles. The molecular formula is C14H11NO6. The van der Waals surface area contributed by atoms with Crippen LogP contribution < -0.4 is 5.32 Å². The zero-order valence-electron chi connectivity index (χ0n) is 10.6. The topological polar surface area (TPSA) is 127 Å². The van der Waals surface area contributed by atoms with Crippen LogP contribution in [0.15, 0.2) is 36.4 Å². The molecule has 0 bridgehead atoms. The number of phenols is 2. The summed E-state index contributed by atoms with van der Waals surface area (Å²) in [6.45, 7) is 0. The molecule has 0 fully saturated rings. The van der Waals surface area contributed by atoms with Gasteiger partial charge in [-0.25, -0.2) is 9.59 Å². The van der Waals surface area contributed by atoms with Gasteiger partial charge in [0, 0.05) is 11.4 Å². The minimum atomic E-state index is -1.28. The van der Waals surface area contributed by atoms with Crippen molar-refractivity contribution in [2.45, 2.75) is 0 Å². The second kappa shape index (κ2) is 5.41. The molecule has 5 N–H and O–H groups in total. The van der Waals surface area contributed by atoms with Gasteiger partial charge in [0.05, 0.1) is 0 Å². The number of hydrogen-bond donors (Lipinski definition) is 5. The number of rotatable bonds is 4. The Bertz CT molecular complexity index is 664. The second-order valence-electron chi connectivity index (χ2n) is 4.20. The molecule has 0 amide bonds. The second-order valence-corrected chi connectivity index (χ2v) is 4.20. The van der Waals surface area contributed by atoms with E-state index in [4.69, 9.17) is 10.2 Å². The summed E-state index contributed by atoms with van der Waals surface area (Å²) in [5.41, 5.74) is 0.147. The zero-order chi connectivity index (χ0) is 15.6. The molecule has 0 spiro atoms. The molecule has 0 aliphatic carbocycles. The predicted octanol–water partition coefficient (Wildman–Crippen LogP) is 2.24. The molecule has 0 saturated carbocycles. The summed E-state index contributed by atoms with van der Waals surface area (Å²) in [6, 6.07) is 7.73. The molecule has 0 heterocycles. The van der Waals surface area contributed by atoms with Gasteiger partial charge in [-0.3, -0.25) is 0 Å². The van der Waals surface area contributed by atoms with Gasteiger partial charge in [-0.15, -0.1) is 0 Å². The number of carboxylic acid groups (broad SMARTS) is 2. The number of carbonyl (C=O) groups is 2. The quantitative estimate of drug-likeness (QED) is 0.546. The number of aromatic hydroxyl groups is 2. The molecule has 7 heteroatoms. The normalized spacial score (nSPS) is 10.1. The van der Waals surface area contributed by atoms with Crippen molar-refractivity contribution in [2.75, 3.05) is 5.32 Å². The van der Waals surface area contributed by atoms with Gasteiger partial charge < -0.3 is 25.7 Å². The summed E-state index contributed by atoms with van der Waals surface area (Å²) >= 11 is 0. The van der Waals surface area contributed by atoms with Crippen LogP contribution >= 0.6 is 0 Å². The third-order valence-electron chi connectivity index (χ3n) is 2.74. The average molecular weight is 289 g/mol. The lowest BCUT2D eigenvalue weighted by molar-refractivity contribution is 0.0682. The fraction of sp³-hybridized carbons (Fsp3) is 0. The predicted molar refractivity (Wildman–Crippen MR) is 73.4 cm³/mol. The Morgan fingerprint density at radius 2 is 1.14 bits per heavy atom. The van der Waals surface area contributed by atoms with E-state index in [9.17, 15) is 19.8 Å². The van der Waals surface area contributed by atoms with Gasteiger partial charge in [-0.05, 0) is 36.4 Å². The lowest BCUT2D eigenvalue weighted by Crippen LogP contribution is -2.00. The van der Waals surface area contributed by atoms with Crippen molar-refractivity contribution in [1.82, 2.24) is 0 Å². The smallest absolute Gasteiger partial charge is 0.339 e. The van der Waals surface area contributed by atoms with E-state index in [1.165, 1.54) is 36.4 Å². The standard InChI is InChI=1S/C14H11NO6/c16-11-3-1-7(5-9(11)13(18)19)15-8-2-4-12(17)10(6-8)14(20)21/h1-6,15-17H,(H,18,19)(H,20,21). The first-order valence-corrected chi connectivity index (χ1v) is 5.78. The first-order chi connectivity index (χ1) is 9.88. The van der Waals surface area contributed by atoms with Crippen LogP contribution in [0.5, 0.6) is 11.5 Å². The number of carboxylic acids is 2. The van der Waals surface area contributed by atoms with Gasteiger partial charge >= 0.3 is 11.9 Å². The number of anilines is 2. The molecule has 21 heavy (non-hydrogen) atoms. The summed E-state index contributed by atoms with van der Waals surface area (Å²) in [6.07, 6.45) is 0. The van der Waals surface area contributed by atoms with Crippen LogP contribution in [0.1, 0.15) is 20.7 Å². The van der Waals surface area contributed by atoms with Crippen LogP contribution in [0, 0.1) is 0 Å². The highest BCUT2D eigenvalue weighted by atomic mass is 16.4. The SMILES string of the molecule is O=C(O)c1cc(Nc2ccc(O)c(C(=O)O)c2)ccc1O. The van der Waals surface area contributed by atoms with Crippen molar-refractivity contribution in [3.63, 3.8) is 0 Å². The van der Waals surface area contributed by atoms with Crippen molar-refractivity contribution >= 4 is 23.3 Å². The Balaban J connectivity index is 2.34. The maximum Gasteiger partial charge on any atom is 0.339 e. The fourth-order valence-electron chi connectivity index (χ4n) is 1.74. The average Bonchev–Trinajstić information content (AvgIpc) is 2.42. The molecule has 0 radical (unpaired) electrons. The first kappa shape index (κ1) is 14.2. The van der Waals surface area contributed by atoms with E-state index in [-0.39, 0.29) is 22.6 Å². The molecule has 7 nitrogen and oxygen atoms in total. The molecule has 2 rings (SSSR count). The van der Waals surface area contributed by atoms with E-state index in [1.54, 1.807) is 0 Å². The van der Waals surface area contributed by atoms with Crippen LogP contribution in [0.2, 0.25) is 0 Å². The molecule has 2 aromatic rings. The van der Waals surface area contributed by atoms with E-state index in [0.29, 0.717) is 11.4 Å². The monoisotopic (exact) mass is 289 g/mol. The lowest BCUT2D eigenvalue weighted by atomic mass is 10.1. The van der Waals surface area contributed by atoms with Crippen LogP contribution in [-0.4, -0.2) is 32.4 Å². The zero-order valence-corrected chi connectivity index (χ0v) is 10.6. The van der Waals surface area contributed by atoms with Crippen molar-refractivity contribution in [3.05, 3.63) is 47.5 Å². The van der Waals surface area contributed by atoms with Gasteiger partial charge in [0.25, 0.3) is 0 Å². The highest BCUT2D eigenvalue weighted by Crippen LogP contribution is 2.27. The Kier molecular flexibility index (Phi) is 3.66. The van der Waals surface area contributed by atoms with Gasteiger partial charge in [0.2, 0.25) is 0 Å². The molecule has 0 aliphatic rings. The van der Waals surface area contributed by atoms with Gasteiger partial charge in [-0.2, -0.15) is 0 Å². The third kappa shape index (κ3) is 3.03. The van der Waals surface area contributed by atoms with Crippen LogP contribution in [0.4, 0.5) is 11.4 Å². The Morgan fingerprint density at radius 3 is 1.48 bits per heavy atom. The third-order valence-corrected chi connectivity index (χ3v) is 2.74. The van der Waals surface area contributed by atoms with Gasteiger partial charge in [-0.1, -0.05) is 0 Å². The fourth-order valence-corrected chi connectivity index (χ4v) is 1.74. The number of benzene rings is 2. The summed E-state index contributed by atoms with van der Waals surface area (Å²) in [7, 11) is 0. The van der Waals surface area contributed by atoms with Crippen molar-refractivity contribution < 1.29 is 30.0 Å². The van der Waals surface area contributed by atoms with E-state index in [1.807, 2.05) is 0 Å². The van der Waals surface area contributed by atoms with Crippen LogP contribution in [-0.2, 0) is 0 Å². The maximum absolute atomic E-state index is 10.9. The van der Waals surface area contributed by atoms with Crippen LogP contribution in [0.25, 0.3) is 0 Å². The van der Waals surface area contributed by atoms with Crippen molar-refractivity contribution in [2.24, 2.45) is 0 Å². The minimum Gasteiger partial charge on any atom is -0.507 e. The first-order valence-electron chi connectivity index (χ1n) is 5.78. The van der Waals surface area contributed by atoms with E-state index >= 15 is 0 Å². The number of hydrogen-bond acceptors (Lipinski definition) is 5. The number of aromatic carboxylic acids is 2. The molecule has 0 atom stereocenters. The molecular weight excluding hydrogens is 278 g/mol. The lowest BCUT2D eigenvalue weighted by Gasteiger charge is -2.09. The van der Waals surface area contributed by atoms with Crippen molar-refractivity contribution in [1.29, 1.82) is 0 Å². The summed E-state index contributed by atoms with van der Waals surface area (Å²) in [4.78, 5) is 21.8. The number of nitrogens with one attached hydrogen (secondary N) is 1. The van der Waals surface area contributed by atoms with Gasteiger partial charge in [0.1, 0.15) is 22.6 Å². The van der Waals surface area contributed by atoms with Crippen molar-refractivity contribution in [3.8, 4) is 11.5 Å². The molecule has 0 unspecified atom stereocenters. The molecule has 0 aromatic heterocycles. The maximum atomic E-state index is 10.9. The summed E-state index contributed by atoms with van der Waals surface area (Å²) in [5, 5.41) is 39.4. The Hall–Kier alpha value is -3.22. The van der Waals surface area contributed by atoms with Crippen LogP contribution in [0.3, 0.4) is 0 Å². The largest absolute Gasteiger partial charge is 0.507 e. The summed E-state index contributed by atoms with van der Waals surface area (Å²) in [5.74, 6) is -3.31. The molecule has 108 valence electrons. The Labute approximate surface area is 118 Å². The molecule has 0 aliphatic heterocycles.